The van der Waals surface area contributed by atoms with Crippen LogP contribution in [-0.4, -0.2) is 31.2 Å². The molecule has 18 heavy (non-hydrogen) atoms. The van der Waals surface area contributed by atoms with Crippen molar-refractivity contribution < 1.29 is 13.6 Å². The molecule has 0 bridgehead atoms. The lowest BCUT2D eigenvalue weighted by Gasteiger charge is -2.38. The Morgan fingerprint density at radius 3 is 2.39 bits per heavy atom. The molecule has 0 radical (unpaired) electrons. The largest absolute Gasteiger partial charge is 0.374 e. The Labute approximate surface area is 110 Å². The zero-order valence-corrected chi connectivity index (χ0v) is 12.4. The molecule has 4 nitrogen and oxygen atoms in total. The van der Waals surface area contributed by atoms with Crippen LogP contribution in [0.15, 0.2) is 11.0 Å². The van der Waals surface area contributed by atoms with Gasteiger partial charge in [0.1, 0.15) is 0 Å². The molecule has 5 heteroatoms. The molecule has 0 aromatic rings. The second-order valence-corrected chi connectivity index (χ2v) is 6.83. The van der Waals surface area contributed by atoms with Crippen LogP contribution in [0.2, 0.25) is 0 Å². The third kappa shape index (κ3) is 2.81. The van der Waals surface area contributed by atoms with Gasteiger partial charge >= 0.3 is 7.60 Å². The second-order valence-electron chi connectivity index (χ2n) is 4.77. The van der Waals surface area contributed by atoms with Gasteiger partial charge in [0.15, 0.2) is 0 Å². The van der Waals surface area contributed by atoms with E-state index in [2.05, 4.69) is 4.90 Å². The van der Waals surface area contributed by atoms with Crippen molar-refractivity contribution in [3.63, 3.8) is 0 Å². The van der Waals surface area contributed by atoms with Gasteiger partial charge in [-0.15, -0.1) is 0 Å². The highest BCUT2D eigenvalue weighted by atomic mass is 31.2. The van der Waals surface area contributed by atoms with E-state index < -0.39 is 7.60 Å². The van der Waals surface area contributed by atoms with E-state index in [-0.39, 0.29) is 0 Å². The Morgan fingerprint density at radius 1 is 1.06 bits per heavy atom. The first-order valence-electron chi connectivity index (χ1n) is 7.08. The molecule has 0 atom stereocenters. The van der Waals surface area contributed by atoms with E-state index >= 15 is 0 Å². The number of fused-ring (bicyclic) bond motifs is 1. The molecule has 104 valence electrons. The molecule has 1 saturated heterocycles. The fourth-order valence-corrected chi connectivity index (χ4v) is 4.94. The Morgan fingerprint density at radius 2 is 1.72 bits per heavy atom. The maximum absolute atomic E-state index is 12.9. The molecule has 0 aromatic heterocycles. The van der Waals surface area contributed by atoms with Crippen molar-refractivity contribution in [2.24, 2.45) is 0 Å². The summed E-state index contributed by atoms with van der Waals surface area (Å²) in [6.07, 6.45) is 5.38. The summed E-state index contributed by atoms with van der Waals surface area (Å²) in [7, 11) is -3.05. The summed E-state index contributed by atoms with van der Waals surface area (Å²) in [5.41, 5.74) is 1.25. The molecule has 0 N–H and O–H groups in total. The van der Waals surface area contributed by atoms with Crippen LogP contribution in [0.1, 0.15) is 46.0 Å². The summed E-state index contributed by atoms with van der Waals surface area (Å²) >= 11 is 0. The number of hydrogen-bond donors (Lipinski definition) is 0. The van der Waals surface area contributed by atoms with Gasteiger partial charge in [-0.2, -0.15) is 0 Å². The SMILES string of the molecule is CCOP(=O)(OCC)C1=C2CCCCN2CCC1. The molecule has 2 rings (SSSR count). The smallest absolute Gasteiger partial charge is 0.359 e. The van der Waals surface area contributed by atoms with Crippen molar-refractivity contribution in [1.82, 2.24) is 4.90 Å². The topological polar surface area (TPSA) is 38.8 Å². The van der Waals surface area contributed by atoms with Crippen LogP contribution in [0, 0.1) is 0 Å². The zero-order valence-electron chi connectivity index (χ0n) is 11.5. The number of nitrogens with zero attached hydrogens (tertiary/aromatic N) is 1. The first-order chi connectivity index (χ1) is 8.71. The minimum atomic E-state index is -3.05. The van der Waals surface area contributed by atoms with Crippen LogP contribution >= 0.6 is 7.60 Å². The van der Waals surface area contributed by atoms with Crippen LogP contribution in [0.5, 0.6) is 0 Å². The highest BCUT2D eigenvalue weighted by molar-refractivity contribution is 7.58. The van der Waals surface area contributed by atoms with Crippen molar-refractivity contribution in [3.8, 4) is 0 Å². The van der Waals surface area contributed by atoms with Gasteiger partial charge in [-0.05, 0) is 46.0 Å². The van der Waals surface area contributed by atoms with E-state index in [1.165, 1.54) is 18.5 Å². The van der Waals surface area contributed by atoms with Crippen molar-refractivity contribution >= 4 is 7.60 Å². The predicted octanol–water partition coefficient (Wildman–Crippen LogP) is 3.74. The Balaban J connectivity index is 2.31. The van der Waals surface area contributed by atoms with Gasteiger partial charge in [0.25, 0.3) is 0 Å². The molecule has 0 saturated carbocycles. The minimum Gasteiger partial charge on any atom is -0.374 e. The molecule has 2 heterocycles. The van der Waals surface area contributed by atoms with E-state index in [4.69, 9.17) is 9.05 Å². The monoisotopic (exact) mass is 273 g/mol. The molecule has 0 aliphatic carbocycles. The maximum Gasteiger partial charge on any atom is 0.359 e. The third-order valence-electron chi connectivity index (χ3n) is 3.58. The molecule has 2 aliphatic heterocycles. The molecule has 0 unspecified atom stereocenters. The Hall–Kier alpha value is -0.310. The second kappa shape index (κ2) is 6.23. The fraction of sp³-hybridized carbons (Fsp3) is 0.846. The van der Waals surface area contributed by atoms with Gasteiger partial charge < -0.3 is 13.9 Å². The summed E-state index contributed by atoms with van der Waals surface area (Å²) in [5.74, 6) is 0. The summed E-state index contributed by atoms with van der Waals surface area (Å²) in [4.78, 5) is 2.38. The van der Waals surface area contributed by atoms with Crippen LogP contribution in [0.3, 0.4) is 0 Å². The fourth-order valence-electron chi connectivity index (χ4n) is 2.87. The Kier molecular flexibility index (Phi) is 4.88. The molecule has 0 amide bonds. The van der Waals surface area contributed by atoms with Gasteiger partial charge in [0, 0.05) is 18.8 Å². The maximum atomic E-state index is 12.9. The Bertz CT molecular complexity index is 357. The first kappa shape index (κ1) is 14.1. The molecule has 1 fully saturated rings. The summed E-state index contributed by atoms with van der Waals surface area (Å²) in [5, 5.41) is 0.956. The van der Waals surface area contributed by atoms with E-state index in [0.29, 0.717) is 13.2 Å². The number of rotatable bonds is 5. The van der Waals surface area contributed by atoms with E-state index in [0.717, 1.165) is 37.7 Å². The van der Waals surface area contributed by atoms with Gasteiger partial charge in [-0.3, -0.25) is 4.57 Å². The van der Waals surface area contributed by atoms with Crippen LogP contribution < -0.4 is 0 Å². The zero-order chi connectivity index (χ0) is 13.0. The highest BCUT2D eigenvalue weighted by Gasteiger charge is 2.36. The van der Waals surface area contributed by atoms with E-state index in [9.17, 15) is 4.57 Å². The van der Waals surface area contributed by atoms with Crippen LogP contribution in [0.4, 0.5) is 0 Å². The summed E-state index contributed by atoms with van der Waals surface area (Å²) in [6.45, 7) is 6.81. The van der Waals surface area contributed by atoms with Crippen molar-refractivity contribution in [1.29, 1.82) is 0 Å². The van der Waals surface area contributed by atoms with Crippen molar-refractivity contribution in [2.75, 3.05) is 26.3 Å². The van der Waals surface area contributed by atoms with Crippen LogP contribution in [0.25, 0.3) is 0 Å². The molecular formula is C13H24NO3P. The van der Waals surface area contributed by atoms with Gasteiger partial charge in [0.2, 0.25) is 0 Å². The average molecular weight is 273 g/mol. The quantitative estimate of drug-likeness (QED) is 0.715. The molecule has 2 aliphatic rings. The molecule has 0 spiro atoms. The van der Waals surface area contributed by atoms with Crippen molar-refractivity contribution in [2.45, 2.75) is 46.0 Å². The van der Waals surface area contributed by atoms with E-state index in [1.807, 2.05) is 13.8 Å². The first-order valence-corrected chi connectivity index (χ1v) is 8.62. The average Bonchev–Trinajstić information content (AvgIpc) is 2.38. The molecule has 0 aromatic carbocycles. The van der Waals surface area contributed by atoms with Crippen LogP contribution in [-0.2, 0) is 13.6 Å². The minimum absolute atomic E-state index is 0.439. The predicted molar refractivity (Wildman–Crippen MR) is 72.5 cm³/mol. The van der Waals surface area contributed by atoms with Crippen molar-refractivity contribution in [3.05, 3.63) is 11.0 Å². The number of piperidine rings is 1. The lowest BCUT2D eigenvalue weighted by molar-refractivity contribution is 0.216. The van der Waals surface area contributed by atoms with Gasteiger partial charge in [0.05, 0.1) is 18.5 Å². The summed E-state index contributed by atoms with van der Waals surface area (Å²) in [6, 6.07) is 0. The number of allylic oxidation sites excluding steroid dienone is 2. The van der Waals surface area contributed by atoms with Gasteiger partial charge in [-0.1, -0.05) is 0 Å². The highest BCUT2D eigenvalue weighted by Crippen LogP contribution is 2.60. The van der Waals surface area contributed by atoms with Gasteiger partial charge in [-0.25, -0.2) is 0 Å². The lowest BCUT2D eigenvalue weighted by Crippen LogP contribution is -2.33. The molecular weight excluding hydrogens is 249 g/mol. The third-order valence-corrected chi connectivity index (χ3v) is 5.92. The number of hydrogen-bond acceptors (Lipinski definition) is 4. The standard InChI is InChI=1S/C13H24NO3P/c1-3-16-18(15,17-4-2)13-9-7-11-14-10-6-5-8-12(13)14/h3-11H2,1-2H3. The summed E-state index contributed by atoms with van der Waals surface area (Å²) < 4.78 is 23.9. The van der Waals surface area contributed by atoms with E-state index in [1.54, 1.807) is 0 Å². The normalized spacial score (nSPS) is 21.1. The lowest BCUT2D eigenvalue weighted by atomic mass is 10.0.